The van der Waals surface area contributed by atoms with Gasteiger partial charge in [0.05, 0.1) is 10.6 Å². The molecule has 0 saturated carbocycles. The van der Waals surface area contributed by atoms with Crippen molar-refractivity contribution in [1.29, 1.82) is 0 Å². The highest BCUT2D eigenvalue weighted by atomic mass is 32.1. The quantitative estimate of drug-likeness (QED) is 0.702. The average Bonchev–Trinajstić information content (AvgIpc) is 3.32. The molecule has 1 aromatic carbocycles. The van der Waals surface area contributed by atoms with E-state index in [1.54, 1.807) is 29.0 Å². The van der Waals surface area contributed by atoms with Crippen LogP contribution in [0.25, 0.3) is 16.3 Å². The third kappa shape index (κ3) is 3.83. The molecule has 0 aliphatic rings. The molecule has 0 saturated heterocycles. The average molecular weight is 368 g/mol. The maximum absolute atomic E-state index is 12.8. The molecule has 0 unspecified atom stereocenters. The number of likely N-dealkylation sites (N-methyl/N-ethyl adjacent to an activating group) is 1. The number of hydrogen-bond donors (Lipinski definition) is 2. The molecule has 2 amide bonds. The largest absolute Gasteiger partial charge is 0.355 e. The summed E-state index contributed by atoms with van der Waals surface area (Å²) in [4.78, 5) is 25.7. The predicted molar refractivity (Wildman–Crippen MR) is 102 cm³/mol. The number of hydrogen-bond acceptors (Lipinski definition) is 4. The topological polar surface area (TPSA) is 76.0 Å². The van der Waals surface area contributed by atoms with Crippen molar-refractivity contribution >= 4 is 23.2 Å². The van der Waals surface area contributed by atoms with Crippen molar-refractivity contribution in [3.05, 3.63) is 59.6 Å². The van der Waals surface area contributed by atoms with E-state index in [0.717, 1.165) is 16.3 Å². The van der Waals surface area contributed by atoms with Gasteiger partial charge in [-0.25, -0.2) is 4.68 Å². The summed E-state index contributed by atoms with van der Waals surface area (Å²) >= 11 is 1.56. The lowest BCUT2D eigenvalue weighted by molar-refractivity contribution is -0.122. The number of carbonyl (C=O) groups is 2. The van der Waals surface area contributed by atoms with Gasteiger partial charge in [0.2, 0.25) is 5.91 Å². The molecule has 2 N–H and O–H groups in total. The molecule has 7 heteroatoms. The molecule has 3 aromatic rings. The van der Waals surface area contributed by atoms with Crippen LogP contribution in [-0.2, 0) is 4.79 Å². The van der Waals surface area contributed by atoms with Crippen molar-refractivity contribution in [2.24, 2.45) is 0 Å². The van der Waals surface area contributed by atoms with Crippen molar-refractivity contribution in [2.75, 3.05) is 6.54 Å². The van der Waals surface area contributed by atoms with Crippen LogP contribution in [0.4, 0.5) is 0 Å². The second kappa shape index (κ2) is 7.97. The standard InChI is InChI=1S/C19H20N4O2S/c1-3-20-18(24)13(2)21-19(25)16-12-15(17-10-7-11-26-17)22-23(16)14-8-5-4-6-9-14/h4-13H,3H2,1-2H3,(H,20,24)(H,21,25)/t13-/m1/s1. The number of nitrogens with zero attached hydrogens (tertiary/aromatic N) is 2. The minimum Gasteiger partial charge on any atom is -0.355 e. The number of nitrogens with one attached hydrogen (secondary N) is 2. The van der Waals surface area contributed by atoms with E-state index in [0.29, 0.717) is 12.2 Å². The van der Waals surface area contributed by atoms with Gasteiger partial charge in [-0.15, -0.1) is 11.3 Å². The Labute approximate surface area is 155 Å². The van der Waals surface area contributed by atoms with Gasteiger partial charge in [0.15, 0.2) is 0 Å². The third-order valence-corrected chi connectivity index (χ3v) is 4.70. The van der Waals surface area contributed by atoms with Gasteiger partial charge < -0.3 is 10.6 Å². The van der Waals surface area contributed by atoms with Gasteiger partial charge in [-0.3, -0.25) is 9.59 Å². The number of thiophene rings is 1. The minimum absolute atomic E-state index is 0.217. The molecule has 0 fully saturated rings. The van der Waals surface area contributed by atoms with Crippen LogP contribution in [-0.4, -0.2) is 34.2 Å². The van der Waals surface area contributed by atoms with E-state index in [2.05, 4.69) is 15.7 Å². The van der Waals surface area contributed by atoms with E-state index < -0.39 is 6.04 Å². The van der Waals surface area contributed by atoms with Crippen molar-refractivity contribution < 1.29 is 9.59 Å². The highest BCUT2D eigenvalue weighted by molar-refractivity contribution is 7.13. The van der Waals surface area contributed by atoms with E-state index in [9.17, 15) is 9.59 Å². The SMILES string of the molecule is CCNC(=O)[C@@H](C)NC(=O)c1cc(-c2cccs2)nn1-c1ccccc1. The first kappa shape index (κ1) is 17.9. The normalized spacial score (nSPS) is 11.8. The fourth-order valence-corrected chi connectivity index (χ4v) is 3.20. The monoisotopic (exact) mass is 368 g/mol. The molecular weight excluding hydrogens is 348 g/mol. The Balaban J connectivity index is 1.94. The first-order valence-electron chi connectivity index (χ1n) is 8.38. The molecule has 2 heterocycles. The van der Waals surface area contributed by atoms with Gasteiger partial charge in [0, 0.05) is 6.54 Å². The lowest BCUT2D eigenvalue weighted by Crippen LogP contribution is -2.45. The maximum atomic E-state index is 12.8. The molecule has 26 heavy (non-hydrogen) atoms. The molecule has 3 rings (SSSR count). The van der Waals surface area contributed by atoms with Crippen LogP contribution in [0.1, 0.15) is 24.3 Å². The molecule has 6 nitrogen and oxygen atoms in total. The second-order valence-electron chi connectivity index (χ2n) is 5.73. The lowest BCUT2D eigenvalue weighted by atomic mass is 10.2. The van der Waals surface area contributed by atoms with Crippen LogP contribution in [0.3, 0.4) is 0 Å². The van der Waals surface area contributed by atoms with Crippen LogP contribution >= 0.6 is 11.3 Å². The molecule has 0 bridgehead atoms. The van der Waals surface area contributed by atoms with Crippen LogP contribution in [0, 0.1) is 0 Å². The van der Waals surface area contributed by atoms with E-state index >= 15 is 0 Å². The molecule has 0 aliphatic heterocycles. The lowest BCUT2D eigenvalue weighted by Gasteiger charge is -2.14. The van der Waals surface area contributed by atoms with Gasteiger partial charge in [-0.1, -0.05) is 24.3 Å². The minimum atomic E-state index is -0.633. The highest BCUT2D eigenvalue weighted by Gasteiger charge is 2.21. The van der Waals surface area contributed by atoms with Crippen LogP contribution < -0.4 is 10.6 Å². The number of aromatic nitrogens is 2. The first-order valence-corrected chi connectivity index (χ1v) is 9.26. The van der Waals surface area contributed by atoms with Crippen molar-refractivity contribution in [3.8, 4) is 16.3 Å². The number of benzene rings is 1. The van der Waals surface area contributed by atoms with Crippen LogP contribution in [0.15, 0.2) is 53.9 Å². The van der Waals surface area contributed by atoms with Crippen molar-refractivity contribution in [2.45, 2.75) is 19.9 Å². The van der Waals surface area contributed by atoms with Gasteiger partial charge in [0.1, 0.15) is 17.4 Å². The van der Waals surface area contributed by atoms with Crippen molar-refractivity contribution in [1.82, 2.24) is 20.4 Å². The molecule has 0 spiro atoms. The fraction of sp³-hybridized carbons (Fsp3) is 0.211. The number of rotatable bonds is 6. The molecule has 134 valence electrons. The zero-order chi connectivity index (χ0) is 18.5. The summed E-state index contributed by atoms with van der Waals surface area (Å²) in [7, 11) is 0. The maximum Gasteiger partial charge on any atom is 0.270 e. The molecular formula is C19H20N4O2S. The summed E-state index contributed by atoms with van der Waals surface area (Å²) in [6, 6.07) is 14.5. The summed E-state index contributed by atoms with van der Waals surface area (Å²) in [5.74, 6) is -0.562. The Kier molecular flexibility index (Phi) is 5.48. The first-order chi connectivity index (χ1) is 12.6. The van der Waals surface area contributed by atoms with Gasteiger partial charge in [-0.2, -0.15) is 5.10 Å². The van der Waals surface area contributed by atoms with Crippen molar-refractivity contribution in [3.63, 3.8) is 0 Å². The summed E-state index contributed by atoms with van der Waals surface area (Å²) in [5, 5.41) is 12.0. The van der Waals surface area contributed by atoms with Gasteiger partial charge in [-0.05, 0) is 43.5 Å². The smallest absolute Gasteiger partial charge is 0.270 e. The molecule has 2 aromatic heterocycles. The summed E-state index contributed by atoms with van der Waals surface area (Å²) in [6.45, 7) is 4.01. The molecule has 1 atom stereocenters. The van der Waals surface area contributed by atoms with E-state index in [-0.39, 0.29) is 11.8 Å². The Bertz CT molecular complexity index is 888. The molecule has 0 radical (unpaired) electrons. The van der Waals surface area contributed by atoms with Gasteiger partial charge >= 0.3 is 0 Å². The predicted octanol–water partition coefficient (Wildman–Crippen LogP) is 2.86. The third-order valence-electron chi connectivity index (χ3n) is 3.81. The Hall–Kier alpha value is -2.93. The number of carbonyl (C=O) groups excluding carboxylic acids is 2. The van der Waals surface area contributed by atoms with E-state index in [4.69, 9.17) is 0 Å². The Morgan fingerprint density at radius 2 is 1.96 bits per heavy atom. The zero-order valence-corrected chi connectivity index (χ0v) is 15.4. The van der Waals surface area contributed by atoms with Gasteiger partial charge in [0.25, 0.3) is 5.91 Å². The highest BCUT2D eigenvalue weighted by Crippen LogP contribution is 2.25. The number of para-hydroxylation sites is 1. The van der Waals surface area contributed by atoms with Crippen LogP contribution in [0.5, 0.6) is 0 Å². The Morgan fingerprint density at radius 3 is 2.62 bits per heavy atom. The Morgan fingerprint density at radius 1 is 1.19 bits per heavy atom. The zero-order valence-electron chi connectivity index (χ0n) is 14.6. The summed E-state index contributed by atoms with van der Waals surface area (Å²) < 4.78 is 1.61. The second-order valence-corrected chi connectivity index (χ2v) is 6.68. The summed E-state index contributed by atoms with van der Waals surface area (Å²) in [5.41, 5.74) is 1.89. The fourth-order valence-electron chi connectivity index (χ4n) is 2.52. The van der Waals surface area contributed by atoms with E-state index in [1.165, 1.54) is 0 Å². The number of amides is 2. The van der Waals surface area contributed by atoms with E-state index in [1.807, 2.05) is 54.8 Å². The molecule has 0 aliphatic carbocycles. The summed E-state index contributed by atoms with van der Waals surface area (Å²) in [6.07, 6.45) is 0. The van der Waals surface area contributed by atoms with Crippen LogP contribution in [0.2, 0.25) is 0 Å².